The van der Waals surface area contributed by atoms with Gasteiger partial charge in [-0.25, -0.2) is 0 Å². The average molecular weight is 248 g/mol. The van der Waals surface area contributed by atoms with Gasteiger partial charge in [-0.3, -0.25) is 4.79 Å². The van der Waals surface area contributed by atoms with Gasteiger partial charge in [0.15, 0.2) is 0 Å². The van der Waals surface area contributed by atoms with Crippen molar-refractivity contribution in [2.24, 2.45) is 0 Å². The predicted molar refractivity (Wildman–Crippen MR) is 71.5 cm³/mol. The van der Waals surface area contributed by atoms with E-state index in [0.717, 1.165) is 30.8 Å². The minimum absolute atomic E-state index is 0.0191. The van der Waals surface area contributed by atoms with E-state index in [4.69, 9.17) is 0 Å². The molecule has 1 saturated heterocycles. The van der Waals surface area contributed by atoms with Crippen molar-refractivity contribution >= 4 is 11.6 Å². The number of amides is 1. The van der Waals surface area contributed by atoms with Gasteiger partial charge >= 0.3 is 0 Å². The number of anilines is 1. The Morgan fingerprint density at radius 1 is 1.50 bits per heavy atom. The molecule has 1 aromatic rings. The van der Waals surface area contributed by atoms with Crippen LogP contribution in [-0.4, -0.2) is 30.1 Å². The number of carbonyl (C=O) groups excluding carboxylic acids is 1. The molecule has 2 atom stereocenters. The van der Waals surface area contributed by atoms with Crippen LogP contribution >= 0.6 is 0 Å². The molecule has 1 aromatic carbocycles. The summed E-state index contributed by atoms with van der Waals surface area (Å²) >= 11 is 0. The van der Waals surface area contributed by atoms with E-state index in [-0.39, 0.29) is 11.9 Å². The van der Waals surface area contributed by atoms with Crippen LogP contribution < -0.4 is 10.2 Å². The van der Waals surface area contributed by atoms with Crippen molar-refractivity contribution < 1.29 is 9.90 Å². The molecule has 0 aromatic heterocycles. The molecule has 98 valence electrons. The van der Waals surface area contributed by atoms with Crippen molar-refractivity contribution in [2.45, 2.75) is 32.4 Å². The minimum atomic E-state index is -0.471. The zero-order valence-electron chi connectivity index (χ0n) is 10.9. The number of aliphatic hydroxyl groups excluding tert-OH is 1. The molecule has 2 N–H and O–H groups in total. The number of nitrogens with one attached hydrogen (secondary N) is 1. The van der Waals surface area contributed by atoms with Crippen LogP contribution in [0.25, 0.3) is 0 Å². The monoisotopic (exact) mass is 248 g/mol. The first kappa shape index (κ1) is 12.9. The molecule has 1 fully saturated rings. The maximum absolute atomic E-state index is 11.0. The van der Waals surface area contributed by atoms with E-state index >= 15 is 0 Å². The molecule has 0 saturated carbocycles. The first-order valence-corrected chi connectivity index (χ1v) is 6.37. The van der Waals surface area contributed by atoms with Crippen LogP contribution in [0.5, 0.6) is 0 Å². The molecule has 1 unspecified atom stereocenters. The Labute approximate surface area is 108 Å². The standard InChI is InChI=1S/C14H20N2O2/c1-10(17)13-5-3-4-6-14(13)16-8-7-12(9-16)15-11(2)18/h3-6,10,12,17H,7-9H2,1-2H3,(H,15,18)/t10-,12?/m0/s1. The summed E-state index contributed by atoms with van der Waals surface area (Å²) in [5, 5.41) is 12.7. The molecule has 18 heavy (non-hydrogen) atoms. The zero-order chi connectivity index (χ0) is 13.1. The van der Waals surface area contributed by atoms with Gasteiger partial charge in [0.25, 0.3) is 0 Å². The summed E-state index contributed by atoms with van der Waals surface area (Å²) < 4.78 is 0. The molecule has 1 aliphatic heterocycles. The summed E-state index contributed by atoms with van der Waals surface area (Å²) in [6, 6.07) is 8.11. The fourth-order valence-corrected chi connectivity index (χ4v) is 2.51. The van der Waals surface area contributed by atoms with Crippen molar-refractivity contribution in [2.75, 3.05) is 18.0 Å². The topological polar surface area (TPSA) is 52.6 Å². The number of nitrogens with zero attached hydrogens (tertiary/aromatic N) is 1. The van der Waals surface area contributed by atoms with Crippen LogP contribution in [-0.2, 0) is 4.79 Å². The number of hydrogen-bond donors (Lipinski definition) is 2. The van der Waals surface area contributed by atoms with Gasteiger partial charge in [-0.15, -0.1) is 0 Å². The Kier molecular flexibility index (Phi) is 3.87. The third-order valence-electron chi connectivity index (χ3n) is 3.32. The highest BCUT2D eigenvalue weighted by Crippen LogP contribution is 2.28. The van der Waals surface area contributed by atoms with Crippen molar-refractivity contribution in [1.29, 1.82) is 0 Å². The van der Waals surface area contributed by atoms with Gasteiger partial charge in [0.05, 0.1) is 6.10 Å². The fraction of sp³-hybridized carbons (Fsp3) is 0.500. The smallest absolute Gasteiger partial charge is 0.217 e. The number of benzene rings is 1. The van der Waals surface area contributed by atoms with Crippen molar-refractivity contribution in [3.63, 3.8) is 0 Å². The summed E-state index contributed by atoms with van der Waals surface area (Å²) in [4.78, 5) is 13.3. The van der Waals surface area contributed by atoms with E-state index in [9.17, 15) is 9.90 Å². The first-order valence-electron chi connectivity index (χ1n) is 6.37. The Morgan fingerprint density at radius 3 is 2.89 bits per heavy atom. The summed E-state index contributed by atoms with van der Waals surface area (Å²) in [5.74, 6) is 0.0191. The minimum Gasteiger partial charge on any atom is -0.389 e. The van der Waals surface area contributed by atoms with Gasteiger partial charge in [-0.2, -0.15) is 0 Å². The van der Waals surface area contributed by atoms with Crippen LogP contribution in [0.15, 0.2) is 24.3 Å². The van der Waals surface area contributed by atoms with Crippen LogP contribution in [0, 0.1) is 0 Å². The lowest BCUT2D eigenvalue weighted by Gasteiger charge is -2.23. The van der Waals surface area contributed by atoms with Gasteiger partial charge in [0.1, 0.15) is 0 Å². The fourth-order valence-electron chi connectivity index (χ4n) is 2.51. The second-order valence-corrected chi connectivity index (χ2v) is 4.87. The normalized spacial score (nSPS) is 20.8. The lowest BCUT2D eigenvalue weighted by molar-refractivity contribution is -0.119. The second kappa shape index (κ2) is 5.40. The maximum Gasteiger partial charge on any atom is 0.217 e. The lowest BCUT2D eigenvalue weighted by Crippen LogP contribution is -2.35. The van der Waals surface area contributed by atoms with E-state index in [1.165, 1.54) is 0 Å². The summed E-state index contributed by atoms with van der Waals surface area (Å²) in [6.45, 7) is 5.05. The SMILES string of the molecule is CC(=O)NC1CCN(c2ccccc2[C@H](C)O)C1. The van der Waals surface area contributed by atoms with Crippen molar-refractivity contribution in [3.8, 4) is 0 Å². The third-order valence-corrected chi connectivity index (χ3v) is 3.32. The zero-order valence-corrected chi connectivity index (χ0v) is 10.9. The number of para-hydroxylation sites is 1. The molecule has 0 radical (unpaired) electrons. The Morgan fingerprint density at radius 2 is 2.22 bits per heavy atom. The van der Waals surface area contributed by atoms with E-state index in [0.29, 0.717) is 0 Å². The van der Waals surface area contributed by atoms with Crippen LogP contribution in [0.4, 0.5) is 5.69 Å². The predicted octanol–water partition coefficient (Wildman–Crippen LogP) is 1.45. The van der Waals surface area contributed by atoms with E-state index in [1.807, 2.05) is 24.3 Å². The van der Waals surface area contributed by atoms with Gasteiger partial charge in [-0.1, -0.05) is 18.2 Å². The quantitative estimate of drug-likeness (QED) is 0.851. The number of hydrogen-bond acceptors (Lipinski definition) is 3. The molecule has 1 aliphatic rings. The molecular formula is C14H20N2O2. The Bertz CT molecular complexity index is 432. The summed E-state index contributed by atoms with van der Waals surface area (Å²) in [7, 11) is 0. The van der Waals surface area contributed by atoms with Crippen LogP contribution in [0.1, 0.15) is 31.9 Å². The lowest BCUT2D eigenvalue weighted by atomic mass is 10.1. The molecular weight excluding hydrogens is 228 g/mol. The first-order chi connectivity index (χ1) is 8.58. The highest BCUT2D eigenvalue weighted by Gasteiger charge is 2.25. The molecule has 4 nitrogen and oxygen atoms in total. The largest absolute Gasteiger partial charge is 0.389 e. The highest BCUT2D eigenvalue weighted by molar-refractivity contribution is 5.73. The van der Waals surface area contributed by atoms with Crippen molar-refractivity contribution in [3.05, 3.63) is 29.8 Å². The van der Waals surface area contributed by atoms with E-state index in [1.54, 1.807) is 13.8 Å². The van der Waals surface area contributed by atoms with Gasteiger partial charge in [0, 0.05) is 37.3 Å². The van der Waals surface area contributed by atoms with Crippen LogP contribution in [0.3, 0.4) is 0 Å². The number of aliphatic hydroxyl groups is 1. The molecule has 0 aliphatic carbocycles. The molecule has 1 amide bonds. The maximum atomic E-state index is 11.0. The second-order valence-electron chi connectivity index (χ2n) is 4.87. The van der Waals surface area contributed by atoms with Crippen LogP contribution in [0.2, 0.25) is 0 Å². The number of carbonyl (C=O) groups is 1. The Balaban J connectivity index is 2.12. The summed E-state index contributed by atoms with van der Waals surface area (Å²) in [5.41, 5.74) is 2.02. The molecule has 0 bridgehead atoms. The molecule has 1 heterocycles. The molecule has 4 heteroatoms. The highest BCUT2D eigenvalue weighted by atomic mass is 16.3. The third kappa shape index (κ3) is 2.82. The molecule has 0 spiro atoms. The van der Waals surface area contributed by atoms with Crippen molar-refractivity contribution in [1.82, 2.24) is 5.32 Å². The average Bonchev–Trinajstić information content (AvgIpc) is 2.76. The van der Waals surface area contributed by atoms with E-state index < -0.39 is 6.10 Å². The Hall–Kier alpha value is -1.55. The molecule has 2 rings (SSSR count). The van der Waals surface area contributed by atoms with Gasteiger partial charge < -0.3 is 15.3 Å². The van der Waals surface area contributed by atoms with E-state index in [2.05, 4.69) is 10.2 Å². The van der Waals surface area contributed by atoms with Gasteiger partial charge in [-0.05, 0) is 19.4 Å². The summed E-state index contributed by atoms with van der Waals surface area (Å²) in [6.07, 6.45) is 0.481. The number of rotatable bonds is 3. The van der Waals surface area contributed by atoms with Gasteiger partial charge in [0.2, 0.25) is 5.91 Å².